The number of hydrogen-bond donors (Lipinski definition) is 0. The summed E-state index contributed by atoms with van der Waals surface area (Å²) in [6.45, 7) is 9.07. The van der Waals surface area contributed by atoms with Crippen LogP contribution >= 0.6 is 24.0 Å². The van der Waals surface area contributed by atoms with Gasteiger partial charge in [0.2, 0.25) is 0 Å². The first kappa shape index (κ1) is 21.6. The van der Waals surface area contributed by atoms with E-state index in [4.69, 9.17) is 17.0 Å². The number of rotatable bonds is 5. The van der Waals surface area contributed by atoms with E-state index in [1.54, 1.807) is 22.5 Å². The van der Waals surface area contributed by atoms with E-state index >= 15 is 0 Å². The molecule has 1 amide bonds. The summed E-state index contributed by atoms with van der Waals surface area (Å²) in [4.78, 5) is 30.0. The fourth-order valence-electron chi connectivity index (χ4n) is 3.59. The Morgan fingerprint density at radius 3 is 2.52 bits per heavy atom. The highest BCUT2D eigenvalue weighted by Gasteiger charge is 2.32. The maximum Gasteiger partial charge on any atom is 0.270 e. The smallest absolute Gasteiger partial charge is 0.270 e. The molecule has 3 heterocycles. The van der Waals surface area contributed by atoms with Gasteiger partial charge in [-0.15, -0.1) is 0 Å². The average Bonchev–Trinajstić information content (AvgIpc) is 2.99. The van der Waals surface area contributed by atoms with Crippen molar-refractivity contribution in [3.63, 3.8) is 0 Å². The van der Waals surface area contributed by atoms with Gasteiger partial charge in [0.15, 0.2) is 0 Å². The van der Waals surface area contributed by atoms with Crippen molar-refractivity contribution in [1.82, 2.24) is 9.47 Å². The minimum absolute atomic E-state index is 0.118. The zero-order valence-electron chi connectivity index (χ0n) is 16.9. The van der Waals surface area contributed by atoms with E-state index in [-0.39, 0.29) is 17.0 Å². The topological polar surface area (TPSA) is 78.6 Å². The fraction of sp³-hybridized carbons (Fsp3) is 0.500. The molecule has 2 fully saturated rings. The summed E-state index contributed by atoms with van der Waals surface area (Å²) < 4.78 is 7.68. The number of amides is 1. The maximum absolute atomic E-state index is 13.0. The lowest BCUT2D eigenvalue weighted by atomic mass is 10.0. The Morgan fingerprint density at radius 2 is 1.97 bits per heavy atom. The van der Waals surface area contributed by atoms with Crippen LogP contribution in [0, 0.1) is 18.3 Å². The summed E-state index contributed by atoms with van der Waals surface area (Å²) in [6.07, 6.45) is 2.55. The van der Waals surface area contributed by atoms with Crippen LogP contribution in [-0.4, -0.2) is 52.5 Å². The molecular weight excluding hydrogens is 408 g/mol. The normalized spacial score (nSPS) is 18.6. The molecule has 0 aliphatic carbocycles. The lowest BCUT2D eigenvalue weighted by molar-refractivity contribution is -0.121. The van der Waals surface area contributed by atoms with Crippen LogP contribution in [0.2, 0.25) is 0 Å². The van der Waals surface area contributed by atoms with Crippen LogP contribution in [0.3, 0.4) is 0 Å². The van der Waals surface area contributed by atoms with Crippen LogP contribution in [0.5, 0.6) is 0 Å². The van der Waals surface area contributed by atoms with Crippen molar-refractivity contribution < 1.29 is 9.53 Å². The number of pyridine rings is 1. The predicted molar refractivity (Wildman–Crippen MR) is 119 cm³/mol. The highest BCUT2D eigenvalue weighted by molar-refractivity contribution is 8.26. The quantitative estimate of drug-likeness (QED) is 0.522. The van der Waals surface area contributed by atoms with Gasteiger partial charge in [0.05, 0.1) is 18.1 Å². The Hall–Kier alpha value is -2.15. The second-order valence-electron chi connectivity index (χ2n) is 6.83. The minimum atomic E-state index is -0.286. The standard InChI is InChI=1S/C20H24N4O3S2/c1-4-6-24-17(22-7-9-27-10-8-22)14(13(3)15(12-21)18(24)25)11-16-19(26)23(5-2)20(28)29-16/h11H,4-10H2,1-3H3. The highest BCUT2D eigenvalue weighted by Crippen LogP contribution is 2.35. The van der Waals surface area contributed by atoms with Crippen LogP contribution in [0.15, 0.2) is 9.70 Å². The molecule has 9 heteroatoms. The molecule has 2 saturated heterocycles. The summed E-state index contributed by atoms with van der Waals surface area (Å²) in [6, 6.07) is 2.06. The number of aromatic nitrogens is 1. The van der Waals surface area contributed by atoms with Gasteiger partial charge in [-0.05, 0) is 31.9 Å². The number of thiocarbonyl (C=S) groups is 1. The Morgan fingerprint density at radius 1 is 1.28 bits per heavy atom. The molecule has 1 aromatic heterocycles. The summed E-state index contributed by atoms with van der Waals surface area (Å²) >= 11 is 6.59. The van der Waals surface area contributed by atoms with Crippen LogP contribution in [0.25, 0.3) is 6.08 Å². The lowest BCUT2D eigenvalue weighted by Crippen LogP contribution is -2.41. The number of hydrogen-bond acceptors (Lipinski definition) is 7. The Kier molecular flexibility index (Phi) is 6.77. The third kappa shape index (κ3) is 3.97. The van der Waals surface area contributed by atoms with Gasteiger partial charge in [0.1, 0.15) is 21.8 Å². The number of anilines is 1. The van der Waals surface area contributed by atoms with E-state index in [2.05, 4.69) is 11.0 Å². The van der Waals surface area contributed by atoms with Crippen molar-refractivity contribution in [3.05, 3.63) is 31.9 Å². The molecule has 154 valence electrons. The number of ether oxygens (including phenoxy) is 1. The molecule has 29 heavy (non-hydrogen) atoms. The van der Waals surface area contributed by atoms with Gasteiger partial charge in [-0.25, -0.2) is 0 Å². The van der Waals surface area contributed by atoms with Crippen molar-refractivity contribution in [2.45, 2.75) is 33.7 Å². The zero-order valence-corrected chi connectivity index (χ0v) is 18.5. The number of thioether (sulfide) groups is 1. The molecule has 0 aromatic carbocycles. The molecule has 3 rings (SSSR count). The van der Waals surface area contributed by atoms with E-state index in [1.807, 2.05) is 13.8 Å². The van der Waals surface area contributed by atoms with Crippen LogP contribution in [0.1, 0.15) is 37.0 Å². The van der Waals surface area contributed by atoms with Crippen LogP contribution in [0.4, 0.5) is 5.82 Å². The molecule has 1 aromatic rings. The van der Waals surface area contributed by atoms with E-state index in [9.17, 15) is 14.9 Å². The summed E-state index contributed by atoms with van der Waals surface area (Å²) in [5, 5.41) is 9.63. The molecule has 7 nitrogen and oxygen atoms in total. The SMILES string of the molecule is CCCn1c(N2CCOCC2)c(C=C2SC(=S)N(CC)C2=O)c(C)c(C#N)c1=O. The first-order valence-electron chi connectivity index (χ1n) is 9.70. The van der Waals surface area contributed by atoms with E-state index in [0.29, 0.717) is 54.2 Å². The van der Waals surface area contributed by atoms with E-state index in [0.717, 1.165) is 17.8 Å². The molecule has 0 radical (unpaired) electrons. The van der Waals surface area contributed by atoms with Crippen molar-refractivity contribution in [2.75, 3.05) is 37.7 Å². The number of morpholine rings is 1. The first-order valence-corrected chi connectivity index (χ1v) is 10.9. The van der Waals surface area contributed by atoms with Gasteiger partial charge >= 0.3 is 0 Å². The number of carbonyl (C=O) groups is 1. The molecule has 2 aliphatic rings. The Labute approximate surface area is 179 Å². The summed E-state index contributed by atoms with van der Waals surface area (Å²) in [7, 11) is 0. The molecule has 0 atom stereocenters. The number of carbonyl (C=O) groups excluding carboxylic acids is 1. The van der Waals surface area contributed by atoms with Crippen LogP contribution in [-0.2, 0) is 16.1 Å². The van der Waals surface area contributed by atoms with Gasteiger partial charge < -0.3 is 9.64 Å². The third-order valence-electron chi connectivity index (χ3n) is 5.07. The maximum atomic E-state index is 13.0. The zero-order chi connectivity index (χ0) is 21.1. The Bertz CT molecular complexity index is 971. The third-order valence-corrected chi connectivity index (χ3v) is 6.45. The number of nitrogens with zero attached hydrogens (tertiary/aromatic N) is 4. The van der Waals surface area contributed by atoms with Crippen molar-refractivity contribution in [1.29, 1.82) is 5.26 Å². The van der Waals surface area contributed by atoms with Crippen molar-refractivity contribution in [3.8, 4) is 6.07 Å². The highest BCUT2D eigenvalue weighted by atomic mass is 32.2. The van der Waals surface area contributed by atoms with Gasteiger partial charge in [0.25, 0.3) is 11.5 Å². The molecule has 0 N–H and O–H groups in total. The van der Waals surface area contributed by atoms with Crippen molar-refractivity contribution >= 4 is 46.1 Å². The summed E-state index contributed by atoms with van der Waals surface area (Å²) in [5.74, 6) is 0.611. The monoisotopic (exact) mass is 432 g/mol. The molecule has 0 saturated carbocycles. The second-order valence-corrected chi connectivity index (χ2v) is 8.51. The van der Waals surface area contributed by atoms with Crippen LogP contribution < -0.4 is 10.5 Å². The van der Waals surface area contributed by atoms with E-state index in [1.165, 1.54) is 11.8 Å². The lowest BCUT2D eigenvalue weighted by Gasteiger charge is -2.33. The van der Waals surface area contributed by atoms with Gasteiger partial charge in [-0.1, -0.05) is 30.9 Å². The molecule has 2 aliphatic heterocycles. The summed E-state index contributed by atoms with van der Waals surface area (Å²) in [5.41, 5.74) is 1.15. The van der Waals surface area contributed by atoms with Gasteiger partial charge in [-0.2, -0.15) is 5.26 Å². The molecular formula is C20H24N4O3S2. The Balaban J connectivity index is 2.27. The van der Waals surface area contributed by atoms with Gasteiger partial charge in [-0.3, -0.25) is 19.1 Å². The second kappa shape index (κ2) is 9.11. The predicted octanol–water partition coefficient (Wildman–Crippen LogP) is 2.50. The molecule has 0 spiro atoms. The number of nitriles is 1. The number of likely N-dealkylation sites (N-methyl/N-ethyl adjacent to an activating group) is 1. The fourth-order valence-corrected chi connectivity index (χ4v) is 4.96. The van der Waals surface area contributed by atoms with Gasteiger partial charge in [0, 0.05) is 31.7 Å². The molecule has 0 unspecified atom stereocenters. The minimum Gasteiger partial charge on any atom is -0.378 e. The average molecular weight is 433 g/mol. The van der Waals surface area contributed by atoms with E-state index < -0.39 is 0 Å². The largest absolute Gasteiger partial charge is 0.378 e. The first-order chi connectivity index (χ1) is 13.9. The van der Waals surface area contributed by atoms with Crippen molar-refractivity contribution in [2.24, 2.45) is 0 Å². The molecule has 0 bridgehead atoms.